The largest absolute Gasteiger partial charge is 0.486 e. The normalized spacial score (nSPS) is 24.6. The fourth-order valence-corrected chi connectivity index (χ4v) is 2.55. The molecule has 19 heavy (non-hydrogen) atoms. The van der Waals surface area contributed by atoms with Crippen molar-refractivity contribution in [2.75, 3.05) is 33.0 Å². The summed E-state index contributed by atoms with van der Waals surface area (Å²) in [4.78, 5) is 0. The lowest BCUT2D eigenvalue weighted by Gasteiger charge is -2.27. The Hall–Kier alpha value is -0.810. The second-order valence-electron chi connectivity index (χ2n) is 4.90. The van der Waals surface area contributed by atoms with Crippen LogP contribution in [0.1, 0.15) is 18.0 Å². The summed E-state index contributed by atoms with van der Waals surface area (Å²) in [6.07, 6.45) is 1.21. The van der Waals surface area contributed by atoms with Gasteiger partial charge in [-0.1, -0.05) is 17.7 Å². The summed E-state index contributed by atoms with van der Waals surface area (Å²) in [6.45, 7) is 3.76. The van der Waals surface area contributed by atoms with Crippen molar-refractivity contribution in [3.05, 3.63) is 28.8 Å². The van der Waals surface area contributed by atoms with Gasteiger partial charge in [0.2, 0.25) is 0 Å². The number of nitrogens with one attached hydrogen (secondary N) is 1. The summed E-state index contributed by atoms with van der Waals surface area (Å²) in [5.41, 5.74) is 1.07. The Kier molecular flexibility index (Phi) is 4.23. The van der Waals surface area contributed by atoms with Gasteiger partial charge in [-0.05, 0) is 30.7 Å². The van der Waals surface area contributed by atoms with E-state index in [0.717, 1.165) is 35.9 Å². The number of hydrogen-bond donors (Lipinski definition) is 1. The molecular weight excluding hydrogens is 266 g/mol. The third kappa shape index (κ3) is 3.20. The quantitative estimate of drug-likeness (QED) is 0.923. The van der Waals surface area contributed by atoms with Crippen molar-refractivity contribution in [1.29, 1.82) is 0 Å². The molecule has 0 bridgehead atoms. The fourth-order valence-electron chi connectivity index (χ4n) is 2.25. The number of hydrogen-bond acceptors (Lipinski definition) is 4. The van der Waals surface area contributed by atoms with Crippen LogP contribution in [0.2, 0.25) is 5.02 Å². The van der Waals surface area contributed by atoms with Crippen molar-refractivity contribution in [2.24, 2.45) is 0 Å². The minimum atomic E-state index is 0.163. The van der Waals surface area contributed by atoms with Crippen molar-refractivity contribution >= 4 is 11.6 Å². The summed E-state index contributed by atoms with van der Waals surface area (Å²) in [5.74, 6) is 0.802. The second kappa shape index (κ2) is 6.09. The average Bonchev–Trinajstić information content (AvgIpc) is 2.63. The second-order valence-corrected chi connectivity index (χ2v) is 5.30. The maximum Gasteiger partial charge on any atom is 0.145 e. The molecule has 2 aliphatic rings. The van der Waals surface area contributed by atoms with E-state index < -0.39 is 0 Å². The molecule has 0 radical (unpaired) electrons. The molecule has 2 heterocycles. The van der Waals surface area contributed by atoms with E-state index in [2.05, 4.69) is 5.32 Å². The van der Waals surface area contributed by atoms with Crippen molar-refractivity contribution < 1.29 is 14.2 Å². The van der Waals surface area contributed by atoms with E-state index in [1.807, 2.05) is 18.2 Å². The Morgan fingerprint density at radius 2 is 2.11 bits per heavy atom. The first-order chi connectivity index (χ1) is 9.33. The van der Waals surface area contributed by atoms with Crippen LogP contribution in [0.4, 0.5) is 0 Å². The van der Waals surface area contributed by atoms with Gasteiger partial charge in [0, 0.05) is 11.6 Å². The van der Waals surface area contributed by atoms with Crippen LogP contribution in [0, 0.1) is 0 Å². The Balaban J connectivity index is 1.70. The van der Waals surface area contributed by atoms with Crippen LogP contribution < -0.4 is 10.1 Å². The van der Waals surface area contributed by atoms with Crippen LogP contribution in [0.15, 0.2) is 18.2 Å². The molecule has 0 amide bonds. The van der Waals surface area contributed by atoms with E-state index >= 15 is 0 Å². The van der Waals surface area contributed by atoms with Gasteiger partial charge in [0.1, 0.15) is 11.9 Å². The predicted molar refractivity (Wildman–Crippen MR) is 72.9 cm³/mol. The van der Waals surface area contributed by atoms with Crippen molar-refractivity contribution in [2.45, 2.75) is 18.6 Å². The van der Waals surface area contributed by atoms with Crippen LogP contribution in [0.25, 0.3) is 0 Å². The lowest BCUT2D eigenvalue weighted by molar-refractivity contribution is -0.0796. The highest BCUT2D eigenvalue weighted by Crippen LogP contribution is 2.29. The molecule has 104 valence electrons. The van der Waals surface area contributed by atoms with Crippen LogP contribution >= 0.6 is 11.6 Å². The average molecular weight is 284 g/mol. The molecule has 4 nitrogen and oxygen atoms in total. The Labute approximate surface area is 118 Å². The lowest BCUT2D eigenvalue weighted by Crippen LogP contribution is -2.38. The van der Waals surface area contributed by atoms with Gasteiger partial charge in [0.25, 0.3) is 0 Å². The summed E-state index contributed by atoms with van der Waals surface area (Å²) >= 11 is 6.35. The zero-order valence-electron chi connectivity index (χ0n) is 10.7. The molecule has 0 spiro atoms. The van der Waals surface area contributed by atoms with Crippen LogP contribution in [-0.4, -0.2) is 39.1 Å². The molecule has 2 aliphatic heterocycles. The molecular formula is C14H18ClNO3. The summed E-state index contributed by atoms with van der Waals surface area (Å²) in [7, 11) is 0. The van der Waals surface area contributed by atoms with Gasteiger partial charge < -0.3 is 19.5 Å². The molecule has 1 N–H and O–H groups in total. The molecule has 2 saturated heterocycles. The summed E-state index contributed by atoms with van der Waals surface area (Å²) in [6, 6.07) is 6.02. The van der Waals surface area contributed by atoms with E-state index in [1.54, 1.807) is 0 Å². The highest BCUT2D eigenvalue weighted by atomic mass is 35.5. The van der Waals surface area contributed by atoms with Gasteiger partial charge in [-0.25, -0.2) is 0 Å². The van der Waals surface area contributed by atoms with E-state index in [0.29, 0.717) is 19.8 Å². The SMILES string of the molecule is Clc1cc(OC2COC2)ccc1C1COCCCN1. The van der Waals surface area contributed by atoms with Gasteiger partial charge in [0.15, 0.2) is 0 Å². The molecule has 5 heteroatoms. The summed E-state index contributed by atoms with van der Waals surface area (Å²) < 4.78 is 16.4. The lowest BCUT2D eigenvalue weighted by atomic mass is 10.1. The van der Waals surface area contributed by atoms with Gasteiger partial charge in [0.05, 0.1) is 25.9 Å². The van der Waals surface area contributed by atoms with Crippen molar-refractivity contribution in [1.82, 2.24) is 5.32 Å². The molecule has 0 aliphatic carbocycles. The van der Waals surface area contributed by atoms with E-state index in [-0.39, 0.29) is 12.1 Å². The van der Waals surface area contributed by atoms with Crippen molar-refractivity contribution in [3.8, 4) is 5.75 Å². The van der Waals surface area contributed by atoms with Crippen LogP contribution in [0.5, 0.6) is 5.75 Å². The monoisotopic (exact) mass is 283 g/mol. The smallest absolute Gasteiger partial charge is 0.145 e. The van der Waals surface area contributed by atoms with Crippen LogP contribution in [-0.2, 0) is 9.47 Å². The first-order valence-corrected chi connectivity index (χ1v) is 7.06. The molecule has 2 fully saturated rings. The molecule has 1 aromatic carbocycles. The minimum Gasteiger partial charge on any atom is -0.486 e. The van der Waals surface area contributed by atoms with Crippen LogP contribution in [0.3, 0.4) is 0 Å². The van der Waals surface area contributed by atoms with E-state index in [9.17, 15) is 0 Å². The highest BCUT2D eigenvalue weighted by molar-refractivity contribution is 6.31. The molecule has 1 atom stereocenters. The third-order valence-electron chi connectivity index (χ3n) is 3.40. The molecule has 0 aromatic heterocycles. The zero-order valence-corrected chi connectivity index (χ0v) is 11.5. The maximum atomic E-state index is 6.35. The number of benzene rings is 1. The fraction of sp³-hybridized carbons (Fsp3) is 0.571. The van der Waals surface area contributed by atoms with Gasteiger partial charge >= 0.3 is 0 Å². The Bertz CT molecular complexity index is 429. The van der Waals surface area contributed by atoms with Gasteiger partial charge in [-0.3, -0.25) is 0 Å². The zero-order chi connectivity index (χ0) is 13.1. The minimum absolute atomic E-state index is 0.163. The number of halogens is 1. The standard InChI is InChI=1S/C14H18ClNO3/c15-13-6-10(19-11-7-18-8-11)2-3-12(13)14-9-17-5-1-4-16-14/h2-3,6,11,14,16H,1,4-5,7-9H2. The van der Waals surface area contributed by atoms with E-state index in [1.165, 1.54) is 0 Å². The first kappa shape index (κ1) is 13.2. The summed E-state index contributed by atoms with van der Waals surface area (Å²) in [5, 5.41) is 4.17. The Morgan fingerprint density at radius 3 is 2.84 bits per heavy atom. The topological polar surface area (TPSA) is 39.7 Å². The highest BCUT2D eigenvalue weighted by Gasteiger charge is 2.21. The molecule has 0 saturated carbocycles. The first-order valence-electron chi connectivity index (χ1n) is 6.68. The third-order valence-corrected chi connectivity index (χ3v) is 3.73. The molecule has 1 aromatic rings. The molecule has 1 unspecified atom stereocenters. The number of ether oxygens (including phenoxy) is 3. The van der Waals surface area contributed by atoms with E-state index in [4.69, 9.17) is 25.8 Å². The maximum absolute atomic E-state index is 6.35. The van der Waals surface area contributed by atoms with Crippen molar-refractivity contribution in [3.63, 3.8) is 0 Å². The number of rotatable bonds is 3. The van der Waals surface area contributed by atoms with Gasteiger partial charge in [-0.2, -0.15) is 0 Å². The Morgan fingerprint density at radius 1 is 1.21 bits per heavy atom. The predicted octanol–water partition coefficient (Wildman–Crippen LogP) is 2.17. The molecule has 3 rings (SSSR count). The van der Waals surface area contributed by atoms with Gasteiger partial charge in [-0.15, -0.1) is 0 Å².